The van der Waals surface area contributed by atoms with Crippen molar-refractivity contribution in [2.45, 2.75) is 97.1 Å². The Bertz CT molecular complexity index is 654. The Hall–Kier alpha value is -1.55. The Morgan fingerprint density at radius 3 is 1.94 bits per heavy atom. The first kappa shape index (κ1) is 26.7. The van der Waals surface area contributed by atoms with Gasteiger partial charge >= 0.3 is 0 Å². The summed E-state index contributed by atoms with van der Waals surface area (Å²) < 4.78 is 5.91. The van der Waals surface area contributed by atoms with E-state index in [-0.39, 0.29) is 0 Å². The van der Waals surface area contributed by atoms with Crippen molar-refractivity contribution in [1.82, 2.24) is 9.97 Å². The lowest BCUT2D eigenvalue weighted by Gasteiger charge is -2.09. The molecule has 1 aromatic heterocycles. The zero-order valence-electron chi connectivity index (χ0n) is 20.8. The van der Waals surface area contributed by atoms with Crippen LogP contribution in [-0.2, 0) is 0 Å². The van der Waals surface area contributed by atoms with Crippen LogP contribution in [-0.4, -0.2) is 22.3 Å². The number of aromatic nitrogens is 2. The first-order valence-electron chi connectivity index (χ1n) is 12.8. The summed E-state index contributed by atoms with van der Waals surface area (Å²) >= 11 is 1.77. The van der Waals surface area contributed by atoms with E-state index >= 15 is 0 Å². The van der Waals surface area contributed by atoms with Crippen LogP contribution in [0.4, 0.5) is 0 Å². The van der Waals surface area contributed by atoms with E-state index in [9.17, 15) is 0 Å². The molecule has 0 amide bonds. The minimum Gasteiger partial charge on any atom is -0.494 e. The molecule has 0 spiro atoms. The third-order valence-electron chi connectivity index (χ3n) is 6.39. The normalized spacial score (nSPS) is 13.1. The predicted molar refractivity (Wildman–Crippen MR) is 140 cm³/mol. The van der Waals surface area contributed by atoms with Crippen LogP contribution >= 0.6 is 11.8 Å². The molecular formula is C28H44N2OS. The first-order valence-corrected chi connectivity index (χ1v) is 13.8. The molecule has 3 nitrogen and oxygen atoms in total. The quantitative estimate of drug-likeness (QED) is 0.135. The average molecular weight is 457 g/mol. The van der Waals surface area contributed by atoms with Gasteiger partial charge in [0.05, 0.1) is 6.61 Å². The van der Waals surface area contributed by atoms with Gasteiger partial charge in [-0.1, -0.05) is 103 Å². The molecule has 4 heteroatoms. The fourth-order valence-electron chi connectivity index (χ4n) is 3.59. The molecule has 1 unspecified atom stereocenters. The van der Waals surface area contributed by atoms with Crippen molar-refractivity contribution in [3.63, 3.8) is 0 Å². The van der Waals surface area contributed by atoms with Crippen LogP contribution in [0.15, 0.2) is 41.8 Å². The molecular weight excluding hydrogens is 412 g/mol. The Morgan fingerprint density at radius 2 is 1.34 bits per heavy atom. The van der Waals surface area contributed by atoms with Crippen molar-refractivity contribution < 1.29 is 4.74 Å². The summed E-state index contributed by atoms with van der Waals surface area (Å²) in [6.45, 7) is 10.0. The van der Waals surface area contributed by atoms with E-state index in [2.05, 4.69) is 61.9 Å². The van der Waals surface area contributed by atoms with Crippen molar-refractivity contribution in [2.75, 3.05) is 12.4 Å². The molecule has 2 aromatic rings. The van der Waals surface area contributed by atoms with E-state index in [1.807, 2.05) is 12.4 Å². The van der Waals surface area contributed by atoms with E-state index < -0.39 is 0 Å². The molecule has 0 saturated heterocycles. The lowest BCUT2D eigenvalue weighted by Crippen LogP contribution is -1.98. The molecule has 1 heterocycles. The third-order valence-corrected chi connectivity index (χ3v) is 7.35. The fourth-order valence-corrected chi connectivity index (χ4v) is 4.37. The second-order valence-electron chi connectivity index (χ2n) is 9.20. The number of ether oxygens (including phenoxy) is 1. The Kier molecular flexibility index (Phi) is 13.5. The highest BCUT2D eigenvalue weighted by atomic mass is 32.2. The van der Waals surface area contributed by atoms with Crippen molar-refractivity contribution >= 4 is 11.8 Å². The van der Waals surface area contributed by atoms with Gasteiger partial charge < -0.3 is 4.74 Å². The maximum absolute atomic E-state index is 5.91. The topological polar surface area (TPSA) is 35.0 Å². The highest BCUT2D eigenvalue weighted by Gasteiger charge is 2.04. The first-order chi connectivity index (χ1) is 15.6. The molecule has 0 radical (unpaired) electrons. The van der Waals surface area contributed by atoms with Gasteiger partial charge in [0.15, 0.2) is 5.16 Å². The standard InChI is InChI=1S/C28H44N2OS/c1-5-23(3)13-9-7-11-19-31-27-17-15-25(16-18-27)26-21-29-28(30-22-26)32-20-12-8-10-14-24(4)6-2/h15-18,21-24H,5-14,19-20H2,1-4H3/t23-,24?/m0/s1. The summed E-state index contributed by atoms with van der Waals surface area (Å²) in [5.41, 5.74) is 2.19. The lowest BCUT2D eigenvalue weighted by molar-refractivity contribution is 0.302. The fraction of sp³-hybridized carbons (Fsp3) is 0.643. The Labute approximate surface area is 201 Å². The van der Waals surface area contributed by atoms with Gasteiger partial charge in [-0.2, -0.15) is 0 Å². The molecule has 0 N–H and O–H groups in total. The molecule has 1 aromatic carbocycles. The minimum atomic E-state index is 0.798. The van der Waals surface area contributed by atoms with Crippen molar-refractivity contribution in [2.24, 2.45) is 11.8 Å². The van der Waals surface area contributed by atoms with E-state index in [0.29, 0.717) is 0 Å². The van der Waals surface area contributed by atoms with Crippen molar-refractivity contribution in [3.8, 4) is 16.9 Å². The third kappa shape index (κ3) is 10.8. The van der Waals surface area contributed by atoms with Gasteiger partial charge in [0, 0.05) is 23.7 Å². The molecule has 0 aliphatic heterocycles. The molecule has 2 atom stereocenters. The van der Waals surface area contributed by atoms with Crippen molar-refractivity contribution in [3.05, 3.63) is 36.7 Å². The molecule has 0 aliphatic rings. The average Bonchev–Trinajstić information content (AvgIpc) is 2.83. The monoisotopic (exact) mass is 456 g/mol. The maximum Gasteiger partial charge on any atom is 0.187 e. The van der Waals surface area contributed by atoms with Gasteiger partial charge in [0.1, 0.15) is 5.75 Å². The summed E-state index contributed by atoms with van der Waals surface area (Å²) in [5.74, 6) is 3.76. The smallest absolute Gasteiger partial charge is 0.187 e. The second-order valence-corrected chi connectivity index (χ2v) is 10.3. The number of unbranched alkanes of at least 4 members (excludes halogenated alkanes) is 4. The number of hydrogen-bond donors (Lipinski definition) is 0. The molecule has 0 saturated carbocycles. The SMILES string of the molecule is CCC(C)CCCCCSc1ncc(-c2ccc(OCCCCC[C@@H](C)CC)cc2)cn1. The van der Waals surface area contributed by atoms with Crippen LogP contribution in [0.3, 0.4) is 0 Å². The second kappa shape index (κ2) is 16.1. The molecule has 32 heavy (non-hydrogen) atoms. The van der Waals surface area contributed by atoms with Gasteiger partial charge in [-0.3, -0.25) is 0 Å². The van der Waals surface area contributed by atoms with E-state index in [1.165, 1.54) is 57.8 Å². The number of hydrogen-bond acceptors (Lipinski definition) is 4. The van der Waals surface area contributed by atoms with Crippen LogP contribution in [0.2, 0.25) is 0 Å². The van der Waals surface area contributed by atoms with Gasteiger partial charge in [-0.15, -0.1) is 0 Å². The van der Waals surface area contributed by atoms with Gasteiger partial charge in [0.25, 0.3) is 0 Å². The molecule has 0 aliphatic carbocycles. The van der Waals surface area contributed by atoms with Gasteiger partial charge in [-0.05, 0) is 42.4 Å². The zero-order valence-corrected chi connectivity index (χ0v) is 21.6. The summed E-state index contributed by atoms with van der Waals surface area (Å²) in [6.07, 6.45) is 16.7. The summed E-state index contributed by atoms with van der Waals surface area (Å²) in [6, 6.07) is 8.30. The molecule has 178 valence electrons. The molecule has 0 fully saturated rings. The van der Waals surface area contributed by atoms with Crippen LogP contribution in [0.25, 0.3) is 11.1 Å². The summed E-state index contributed by atoms with van der Waals surface area (Å²) in [7, 11) is 0. The largest absolute Gasteiger partial charge is 0.494 e. The van der Waals surface area contributed by atoms with Crippen LogP contribution in [0.1, 0.15) is 91.9 Å². The van der Waals surface area contributed by atoms with Crippen LogP contribution < -0.4 is 4.74 Å². The van der Waals surface area contributed by atoms with E-state index in [1.54, 1.807) is 11.8 Å². The van der Waals surface area contributed by atoms with Crippen molar-refractivity contribution in [1.29, 1.82) is 0 Å². The molecule has 0 bridgehead atoms. The highest BCUT2D eigenvalue weighted by Crippen LogP contribution is 2.23. The lowest BCUT2D eigenvalue weighted by atomic mass is 10.0. The summed E-state index contributed by atoms with van der Waals surface area (Å²) in [5, 5.41) is 0.879. The Morgan fingerprint density at radius 1 is 0.750 bits per heavy atom. The highest BCUT2D eigenvalue weighted by molar-refractivity contribution is 7.99. The Balaban J connectivity index is 1.65. The van der Waals surface area contributed by atoms with Crippen LogP contribution in [0.5, 0.6) is 5.75 Å². The van der Waals surface area contributed by atoms with E-state index in [4.69, 9.17) is 4.74 Å². The number of rotatable bonds is 17. The number of nitrogens with zero attached hydrogens (tertiary/aromatic N) is 2. The predicted octanol–water partition coefficient (Wildman–Crippen LogP) is 8.83. The minimum absolute atomic E-state index is 0.798. The maximum atomic E-state index is 5.91. The van der Waals surface area contributed by atoms with Gasteiger partial charge in [0.2, 0.25) is 0 Å². The number of benzene rings is 1. The number of thioether (sulfide) groups is 1. The van der Waals surface area contributed by atoms with Crippen LogP contribution in [0, 0.1) is 11.8 Å². The molecule has 2 rings (SSSR count). The zero-order chi connectivity index (χ0) is 23.0. The summed E-state index contributed by atoms with van der Waals surface area (Å²) in [4.78, 5) is 9.11. The van der Waals surface area contributed by atoms with Gasteiger partial charge in [-0.25, -0.2) is 9.97 Å². The van der Waals surface area contributed by atoms with E-state index in [0.717, 1.165) is 52.6 Å².